The summed E-state index contributed by atoms with van der Waals surface area (Å²) in [5.41, 5.74) is 1.27. The maximum absolute atomic E-state index is 13.7. The van der Waals surface area contributed by atoms with Gasteiger partial charge in [0.2, 0.25) is 5.13 Å². The van der Waals surface area contributed by atoms with Gasteiger partial charge >= 0.3 is 0 Å². The van der Waals surface area contributed by atoms with Crippen LogP contribution in [0.2, 0.25) is 0 Å². The lowest BCUT2D eigenvalue weighted by molar-refractivity contribution is -0.131. The summed E-state index contributed by atoms with van der Waals surface area (Å²) in [6.45, 7) is 4.60. The van der Waals surface area contributed by atoms with Gasteiger partial charge in [-0.3, -0.25) is 14.5 Å². The highest BCUT2D eigenvalue weighted by Gasteiger charge is 2.53. The summed E-state index contributed by atoms with van der Waals surface area (Å²) < 4.78 is 12.1. The van der Waals surface area contributed by atoms with Gasteiger partial charge in [-0.15, -0.1) is 10.2 Å². The zero-order valence-corrected chi connectivity index (χ0v) is 19.2. The molecule has 1 amide bonds. The lowest BCUT2D eigenvalue weighted by atomic mass is 9.77. The Labute approximate surface area is 191 Å². The summed E-state index contributed by atoms with van der Waals surface area (Å²) in [4.78, 5) is 28.8. The van der Waals surface area contributed by atoms with E-state index in [4.69, 9.17) is 9.47 Å². The number of aryl methyl sites for hydroxylation is 1. The molecule has 32 heavy (non-hydrogen) atoms. The van der Waals surface area contributed by atoms with E-state index < -0.39 is 6.04 Å². The molecule has 1 saturated carbocycles. The lowest BCUT2D eigenvalue weighted by Crippen LogP contribution is -2.39. The van der Waals surface area contributed by atoms with Crippen molar-refractivity contribution in [2.45, 2.75) is 64.5 Å². The summed E-state index contributed by atoms with van der Waals surface area (Å²) in [5, 5.41) is 9.57. The Morgan fingerprint density at radius 2 is 2.06 bits per heavy atom. The lowest BCUT2D eigenvalue weighted by Gasteiger charge is -2.35. The highest BCUT2D eigenvalue weighted by Crippen LogP contribution is 2.49. The molecule has 1 aromatic carbocycles. The third kappa shape index (κ3) is 3.60. The zero-order valence-electron chi connectivity index (χ0n) is 18.4. The highest BCUT2D eigenvalue weighted by molar-refractivity contribution is 7.15. The van der Waals surface area contributed by atoms with Crippen LogP contribution in [-0.2, 0) is 14.3 Å². The second-order valence-corrected chi connectivity index (χ2v) is 9.77. The van der Waals surface area contributed by atoms with Crippen LogP contribution in [0, 0.1) is 12.8 Å². The first-order valence-electron chi connectivity index (χ1n) is 11.4. The minimum Gasteiger partial charge on any atom is -0.494 e. The van der Waals surface area contributed by atoms with Crippen LogP contribution in [0.25, 0.3) is 0 Å². The van der Waals surface area contributed by atoms with Crippen molar-refractivity contribution in [3.8, 4) is 5.75 Å². The quantitative estimate of drug-likeness (QED) is 0.598. The summed E-state index contributed by atoms with van der Waals surface area (Å²) >= 11 is 1.34. The van der Waals surface area contributed by atoms with E-state index in [9.17, 15) is 9.59 Å². The van der Waals surface area contributed by atoms with E-state index in [0.717, 1.165) is 54.8 Å². The Morgan fingerprint density at radius 3 is 2.84 bits per heavy atom. The molecule has 2 aromatic rings. The standard InChI is InChI=1S/C24H27N3O4S/c1-3-4-12-30-16-9-7-8-15(13-16)20-19-21(28)17-10-5-6-11-18(17)31-22(19)23(29)27(20)24-26-25-14(2)32-24/h7-9,13,17-18,20H,3-6,10-12H2,1-2H3. The molecule has 3 unspecified atom stereocenters. The average molecular weight is 454 g/mol. The monoisotopic (exact) mass is 453 g/mol. The molecule has 0 bridgehead atoms. The average Bonchev–Trinajstić information content (AvgIpc) is 3.35. The SMILES string of the molecule is CCCCOc1cccc(C2C3=C(OC4CCCCC4C3=O)C(=O)N2c2nnc(C)s2)c1. The van der Waals surface area contributed by atoms with Crippen molar-refractivity contribution in [3.63, 3.8) is 0 Å². The van der Waals surface area contributed by atoms with Crippen molar-refractivity contribution >= 4 is 28.2 Å². The molecule has 0 saturated heterocycles. The van der Waals surface area contributed by atoms with Gasteiger partial charge in [-0.05, 0) is 50.3 Å². The number of carbonyl (C=O) groups excluding carboxylic acids is 2. The first-order chi connectivity index (χ1) is 15.6. The fraction of sp³-hybridized carbons (Fsp3) is 0.500. The molecule has 3 heterocycles. The van der Waals surface area contributed by atoms with Crippen molar-refractivity contribution < 1.29 is 19.1 Å². The van der Waals surface area contributed by atoms with Gasteiger partial charge in [0.15, 0.2) is 11.5 Å². The van der Waals surface area contributed by atoms with Crippen LogP contribution in [0.3, 0.4) is 0 Å². The van der Waals surface area contributed by atoms with Crippen LogP contribution in [0.15, 0.2) is 35.6 Å². The Morgan fingerprint density at radius 1 is 1.22 bits per heavy atom. The third-order valence-corrected chi connectivity index (χ3v) is 7.26. The highest BCUT2D eigenvalue weighted by atomic mass is 32.1. The molecule has 0 spiro atoms. The topological polar surface area (TPSA) is 81.6 Å². The second kappa shape index (κ2) is 8.65. The number of rotatable bonds is 6. The predicted octanol–water partition coefficient (Wildman–Crippen LogP) is 4.53. The molecule has 3 atom stereocenters. The zero-order chi connectivity index (χ0) is 22.2. The number of amides is 1. The van der Waals surface area contributed by atoms with Gasteiger partial charge in [-0.2, -0.15) is 0 Å². The van der Waals surface area contributed by atoms with Gasteiger partial charge in [0.25, 0.3) is 5.91 Å². The largest absolute Gasteiger partial charge is 0.494 e. The van der Waals surface area contributed by atoms with Crippen molar-refractivity contribution in [3.05, 3.63) is 46.2 Å². The number of carbonyl (C=O) groups is 2. The number of aromatic nitrogens is 2. The van der Waals surface area contributed by atoms with Crippen molar-refractivity contribution in [1.82, 2.24) is 10.2 Å². The molecule has 3 aliphatic rings. The fourth-order valence-electron chi connectivity index (χ4n) is 4.85. The van der Waals surface area contributed by atoms with E-state index in [-0.39, 0.29) is 29.5 Å². The smallest absolute Gasteiger partial charge is 0.296 e. The minimum absolute atomic E-state index is 0.0374. The number of hydrogen-bond acceptors (Lipinski definition) is 7. The maximum Gasteiger partial charge on any atom is 0.296 e. The molecule has 168 valence electrons. The maximum atomic E-state index is 13.7. The van der Waals surface area contributed by atoms with Crippen LogP contribution in [0.5, 0.6) is 5.75 Å². The first kappa shape index (κ1) is 21.1. The molecule has 5 rings (SSSR count). The van der Waals surface area contributed by atoms with E-state index in [1.54, 1.807) is 4.90 Å². The summed E-state index contributed by atoms with van der Waals surface area (Å²) in [6.07, 6.45) is 5.45. The van der Waals surface area contributed by atoms with Crippen LogP contribution in [-0.4, -0.2) is 34.6 Å². The van der Waals surface area contributed by atoms with Crippen molar-refractivity contribution in [1.29, 1.82) is 0 Å². The number of anilines is 1. The van der Waals surface area contributed by atoms with Crippen molar-refractivity contribution in [2.75, 3.05) is 11.5 Å². The molecule has 0 N–H and O–H groups in total. The number of unbranched alkanes of at least 4 members (excludes halogenated alkanes) is 1. The van der Waals surface area contributed by atoms with Crippen molar-refractivity contribution in [2.24, 2.45) is 5.92 Å². The number of nitrogens with zero attached hydrogens (tertiary/aromatic N) is 3. The molecule has 1 aliphatic carbocycles. The van der Waals surface area contributed by atoms with E-state index >= 15 is 0 Å². The number of benzene rings is 1. The number of fused-ring (bicyclic) bond motifs is 1. The Kier molecular flexibility index (Phi) is 5.71. The van der Waals surface area contributed by atoms with Crippen LogP contribution < -0.4 is 9.64 Å². The van der Waals surface area contributed by atoms with Crippen LogP contribution in [0.4, 0.5) is 5.13 Å². The Bertz CT molecular complexity index is 1080. The van der Waals surface area contributed by atoms with Gasteiger partial charge in [0.1, 0.15) is 16.9 Å². The molecular formula is C24H27N3O4S. The van der Waals surface area contributed by atoms with Gasteiger partial charge in [-0.25, -0.2) is 0 Å². The van der Waals surface area contributed by atoms with Crippen LogP contribution in [0.1, 0.15) is 62.1 Å². The summed E-state index contributed by atoms with van der Waals surface area (Å²) in [7, 11) is 0. The Hall–Kier alpha value is -2.74. The molecular weight excluding hydrogens is 426 g/mol. The number of hydrogen-bond donors (Lipinski definition) is 0. The summed E-state index contributed by atoms with van der Waals surface area (Å²) in [5.74, 6) is 0.461. The fourth-order valence-corrected chi connectivity index (χ4v) is 5.56. The molecule has 1 aromatic heterocycles. The van der Waals surface area contributed by atoms with E-state index in [0.29, 0.717) is 17.3 Å². The minimum atomic E-state index is -0.588. The first-order valence-corrected chi connectivity index (χ1v) is 12.2. The molecule has 0 radical (unpaired) electrons. The van der Waals surface area contributed by atoms with E-state index in [1.807, 2.05) is 31.2 Å². The molecule has 2 aliphatic heterocycles. The number of Topliss-reactive ketones (excluding diaryl/α,β-unsaturated/α-hetero) is 1. The van der Waals surface area contributed by atoms with E-state index in [1.165, 1.54) is 11.3 Å². The Balaban J connectivity index is 1.58. The molecule has 8 heteroatoms. The molecule has 1 fully saturated rings. The molecule has 7 nitrogen and oxygen atoms in total. The van der Waals surface area contributed by atoms with Gasteiger partial charge < -0.3 is 9.47 Å². The van der Waals surface area contributed by atoms with Gasteiger partial charge in [0.05, 0.1) is 24.1 Å². The summed E-state index contributed by atoms with van der Waals surface area (Å²) in [6, 6.07) is 7.07. The van der Waals surface area contributed by atoms with Gasteiger partial charge in [-0.1, -0.05) is 43.2 Å². The number of ketones is 1. The normalized spacial score (nSPS) is 24.9. The van der Waals surface area contributed by atoms with Gasteiger partial charge in [0, 0.05) is 0 Å². The van der Waals surface area contributed by atoms with E-state index in [2.05, 4.69) is 17.1 Å². The second-order valence-electron chi connectivity index (χ2n) is 8.61. The predicted molar refractivity (Wildman–Crippen MR) is 121 cm³/mol. The third-order valence-electron chi connectivity index (χ3n) is 6.43. The number of ether oxygens (including phenoxy) is 2. The van der Waals surface area contributed by atoms with Crippen LogP contribution >= 0.6 is 11.3 Å².